The van der Waals surface area contributed by atoms with Crippen molar-refractivity contribution in [1.29, 1.82) is 5.26 Å². The van der Waals surface area contributed by atoms with Crippen LogP contribution in [0.15, 0.2) is 42.5 Å². The molecule has 102 valence electrons. The summed E-state index contributed by atoms with van der Waals surface area (Å²) in [5, 5.41) is 12.3. The second-order valence-electron chi connectivity index (χ2n) is 5.63. The van der Waals surface area contributed by atoms with Crippen LogP contribution in [0.4, 0.5) is 5.82 Å². The van der Waals surface area contributed by atoms with E-state index in [2.05, 4.69) is 61.4 Å². The number of anilines is 1. The summed E-state index contributed by atoms with van der Waals surface area (Å²) in [5.41, 5.74) is 2.91. The van der Waals surface area contributed by atoms with E-state index < -0.39 is 0 Å². The number of rotatable bonds is 4. The molecule has 1 N–H and O–H groups in total. The largest absolute Gasteiger partial charge is 0.365 e. The van der Waals surface area contributed by atoms with Gasteiger partial charge in [0.2, 0.25) is 0 Å². The molecule has 0 spiro atoms. The highest BCUT2D eigenvalue weighted by molar-refractivity contribution is 5.41. The first-order chi connectivity index (χ1) is 9.50. The molecule has 0 saturated carbocycles. The van der Waals surface area contributed by atoms with E-state index in [9.17, 15) is 0 Å². The van der Waals surface area contributed by atoms with E-state index in [0.29, 0.717) is 5.69 Å². The minimum absolute atomic E-state index is 0.132. The third-order valence-electron chi connectivity index (χ3n) is 3.22. The lowest BCUT2D eigenvalue weighted by molar-refractivity contribution is 0.560. The molecule has 1 aromatic carbocycles. The predicted octanol–water partition coefficient (Wildman–Crippen LogP) is 3.69. The zero-order chi connectivity index (χ0) is 14.6. The van der Waals surface area contributed by atoms with Gasteiger partial charge in [-0.15, -0.1) is 0 Å². The second-order valence-corrected chi connectivity index (χ2v) is 5.63. The van der Waals surface area contributed by atoms with Gasteiger partial charge in [-0.3, -0.25) is 0 Å². The molecule has 2 rings (SSSR count). The topological polar surface area (TPSA) is 48.7 Å². The smallest absolute Gasteiger partial charge is 0.142 e. The molecule has 0 atom stereocenters. The van der Waals surface area contributed by atoms with Gasteiger partial charge in [0.1, 0.15) is 17.6 Å². The molecule has 3 nitrogen and oxygen atoms in total. The number of benzene rings is 1. The quantitative estimate of drug-likeness (QED) is 0.917. The van der Waals surface area contributed by atoms with Crippen molar-refractivity contribution in [3.8, 4) is 6.07 Å². The van der Waals surface area contributed by atoms with Crippen molar-refractivity contribution in [1.82, 2.24) is 4.98 Å². The van der Waals surface area contributed by atoms with Crippen molar-refractivity contribution in [3.63, 3.8) is 0 Å². The van der Waals surface area contributed by atoms with Gasteiger partial charge in [-0.25, -0.2) is 4.98 Å². The predicted molar refractivity (Wildman–Crippen MR) is 81.5 cm³/mol. The molecule has 0 fully saturated rings. The van der Waals surface area contributed by atoms with Crippen molar-refractivity contribution >= 4 is 5.82 Å². The van der Waals surface area contributed by atoms with Crippen LogP contribution in [-0.4, -0.2) is 10.5 Å². The summed E-state index contributed by atoms with van der Waals surface area (Å²) in [6.07, 6.45) is 0.901. The second kappa shape index (κ2) is 5.75. The summed E-state index contributed by atoms with van der Waals surface area (Å²) < 4.78 is 0. The van der Waals surface area contributed by atoms with Crippen molar-refractivity contribution in [2.24, 2.45) is 0 Å². The Kier molecular flexibility index (Phi) is 4.05. The highest BCUT2D eigenvalue weighted by Crippen LogP contribution is 2.20. The van der Waals surface area contributed by atoms with Crippen LogP contribution in [-0.2, 0) is 6.42 Å². The molecule has 0 aliphatic carbocycles. The molecular weight excluding hydrogens is 246 g/mol. The van der Waals surface area contributed by atoms with Crippen LogP contribution >= 0.6 is 0 Å². The molecular formula is C17H19N3. The minimum atomic E-state index is -0.132. The molecule has 0 amide bonds. The van der Waals surface area contributed by atoms with Crippen molar-refractivity contribution in [3.05, 3.63) is 59.3 Å². The van der Waals surface area contributed by atoms with Crippen molar-refractivity contribution in [2.75, 3.05) is 5.32 Å². The van der Waals surface area contributed by atoms with Gasteiger partial charge < -0.3 is 5.32 Å². The SMILES string of the molecule is Cc1ccccc1CC(C)(C)Nc1cccc(C#N)n1. The van der Waals surface area contributed by atoms with Crippen LogP contribution < -0.4 is 5.32 Å². The van der Waals surface area contributed by atoms with E-state index in [1.807, 2.05) is 12.1 Å². The Labute approximate surface area is 120 Å². The maximum absolute atomic E-state index is 8.89. The van der Waals surface area contributed by atoms with Crippen LogP contribution in [0.5, 0.6) is 0 Å². The standard InChI is InChI=1S/C17H19N3/c1-13-7-4-5-8-14(13)11-17(2,3)20-16-10-6-9-15(12-18)19-16/h4-10H,11H2,1-3H3,(H,19,20). The summed E-state index contributed by atoms with van der Waals surface area (Å²) in [5.74, 6) is 0.739. The fourth-order valence-electron chi connectivity index (χ4n) is 2.24. The zero-order valence-corrected chi connectivity index (χ0v) is 12.1. The normalized spacial score (nSPS) is 10.9. The van der Waals surface area contributed by atoms with Gasteiger partial charge in [-0.2, -0.15) is 5.26 Å². The van der Waals surface area contributed by atoms with E-state index in [4.69, 9.17) is 5.26 Å². The van der Waals surface area contributed by atoms with Gasteiger partial charge in [0, 0.05) is 5.54 Å². The average Bonchev–Trinajstić information content (AvgIpc) is 2.41. The lowest BCUT2D eigenvalue weighted by Gasteiger charge is -2.28. The molecule has 0 aliphatic rings. The lowest BCUT2D eigenvalue weighted by Crippen LogP contribution is -2.34. The molecule has 0 aliphatic heterocycles. The van der Waals surface area contributed by atoms with E-state index in [0.717, 1.165) is 12.2 Å². The Morgan fingerprint density at radius 3 is 2.60 bits per heavy atom. The average molecular weight is 265 g/mol. The Balaban J connectivity index is 2.15. The molecule has 1 aromatic heterocycles. The molecule has 2 aromatic rings. The fraction of sp³-hybridized carbons (Fsp3) is 0.294. The number of hydrogen-bond donors (Lipinski definition) is 1. The third kappa shape index (κ3) is 3.58. The van der Waals surface area contributed by atoms with Crippen molar-refractivity contribution in [2.45, 2.75) is 32.7 Å². The van der Waals surface area contributed by atoms with Crippen LogP contribution in [0, 0.1) is 18.3 Å². The molecule has 3 heteroatoms. The van der Waals surface area contributed by atoms with Crippen LogP contribution in [0.25, 0.3) is 0 Å². The van der Waals surface area contributed by atoms with E-state index >= 15 is 0 Å². The fourth-order valence-corrected chi connectivity index (χ4v) is 2.24. The van der Waals surface area contributed by atoms with Gasteiger partial charge in [0.05, 0.1) is 0 Å². The monoisotopic (exact) mass is 265 g/mol. The van der Waals surface area contributed by atoms with E-state index in [-0.39, 0.29) is 5.54 Å². The number of nitriles is 1. The summed E-state index contributed by atoms with van der Waals surface area (Å²) >= 11 is 0. The third-order valence-corrected chi connectivity index (χ3v) is 3.22. The maximum Gasteiger partial charge on any atom is 0.142 e. The lowest BCUT2D eigenvalue weighted by atomic mass is 9.92. The maximum atomic E-state index is 8.89. The van der Waals surface area contributed by atoms with Gasteiger partial charge in [-0.1, -0.05) is 30.3 Å². The van der Waals surface area contributed by atoms with E-state index in [1.54, 1.807) is 6.07 Å². The molecule has 0 saturated heterocycles. The van der Waals surface area contributed by atoms with Crippen LogP contribution in [0.3, 0.4) is 0 Å². The minimum Gasteiger partial charge on any atom is -0.365 e. The first-order valence-electron chi connectivity index (χ1n) is 6.70. The van der Waals surface area contributed by atoms with Crippen LogP contribution in [0.2, 0.25) is 0 Å². The molecule has 1 heterocycles. The summed E-state index contributed by atoms with van der Waals surface area (Å²) in [4.78, 5) is 4.27. The number of aryl methyl sites for hydroxylation is 1. The van der Waals surface area contributed by atoms with Gasteiger partial charge >= 0.3 is 0 Å². The number of nitrogens with one attached hydrogen (secondary N) is 1. The molecule has 0 bridgehead atoms. The first kappa shape index (κ1) is 14.1. The van der Waals surface area contributed by atoms with Gasteiger partial charge in [0.15, 0.2) is 0 Å². The Morgan fingerprint density at radius 1 is 1.15 bits per heavy atom. The Hall–Kier alpha value is -2.34. The summed E-state index contributed by atoms with van der Waals surface area (Å²) in [6, 6.07) is 15.9. The highest BCUT2D eigenvalue weighted by atomic mass is 15.0. The van der Waals surface area contributed by atoms with Crippen LogP contribution in [0.1, 0.15) is 30.7 Å². The summed E-state index contributed by atoms with van der Waals surface area (Å²) in [6.45, 7) is 6.40. The number of pyridine rings is 1. The Bertz CT molecular complexity index is 639. The van der Waals surface area contributed by atoms with Gasteiger partial charge in [-0.05, 0) is 50.5 Å². The highest BCUT2D eigenvalue weighted by Gasteiger charge is 2.19. The molecule has 0 radical (unpaired) electrons. The summed E-state index contributed by atoms with van der Waals surface area (Å²) in [7, 11) is 0. The molecule has 0 unspecified atom stereocenters. The van der Waals surface area contributed by atoms with Crippen molar-refractivity contribution < 1.29 is 0 Å². The van der Waals surface area contributed by atoms with E-state index in [1.165, 1.54) is 11.1 Å². The Morgan fingerprint density at radius 2 is 1.90 bits per heavy atom. The number of nitrogens with zero attached hydrogens (tertiary/aromatic N) is 2. The van der Waals surface area contributed by atoms with Gasteiger partial charge in [0.25, 0.3) is 0 Å². The number of hydrogen-bond acceptors (Lipinski definition) is 3. The zero-order valence-electron chi connectivity index (χ0n) is 12.1. The molecule has 20 heavy (non-hydrogen) atoms. The first-order valence-corrected chi connectivity index (χ1v) is 6.70. The number of aromatic nitrogens is 1.